The molecule has 0 bridgehead atoms. The highest BCUT2D eigenvalue weighted by Gasteiger charge is 2.02. The highest BCUT2D eigenvalue weighted by atomic mass is 79.9. The van der Waals surface area contributed by atoms with Gasteiger partial charge < -0.3 is 10.5 Å². The van der Waals surface area contributed by atoms with Crippen molar-refractivity contribution >= 4 is 27.3 Å². The highest BCUT2D eigenvalue weighted by Crippen LogP contribution is 2.23. The van der Waals surface area contributed by atoms with E-state index in [1.54, 1.807) is 11.3 Å². The molecule has 90 valence electrons. The van der Waals surface area contributed by atoms with E-state index in [4.69, 9.17) is 10.5 Å². The predicted octanol–water partition coefficient (Wildman–Crippen LogP) is 2.99. The zero-order valence-electron chi connectivity index (χ0n) is 9.23. The van der Waals surface area contributed by atoms with Gasteiger partial charge in [0, 0.05) is 18.3 Å². The summed E-state index contributed by atoms with van der Waals surface area (Å²) in [5.74, 6) is 0.863. The lowest BCUT2D eigenvalue weighted by atomic mass is 10.3. The van der Waals surface area contributed by atoms with Crippen LogP contribution in [0.25, 0.3) is 0 Å². The number of ether oxygens (including phenoxy) is 1. The molecular formula is C12H13BrN2OS. The Bertz CT molecular complexity index is 487. The normalized spacial score (nSPS) is 10.5. The quantitative estimate of drug-likeness (QED) is 0.923. The zero-order valence-corrected chi connectivity index (χ0v) is 11.6. The molecule has 0 aliphatic rings. The van der Waals surface area contributed by atoms with Crippen LogP contribution in [0.4, 0.5) is 0 Å². The molecule has 2 aromatic rings. The third kappa shape index (κ3) is 3.52. The van der Waals surface area contributed by atoms with Crippen molar-refractivity contribution in [2.75, 3.05) is 6.61 Å². The average molecular weight is 313 g/mol. The number of benzene rings is 1. The van der Waals surface area contributed by atoms with Crippen LogP contribution in [0.1, 0.15) is 10.7 Å². The van der Waals surface area contributed by atoms with Crippen LogP contribution in [-0.4, -0.2) is 11.6 Å². The summed E-state index contributed by atoms with van der Waals surface area (Å²) in [6.45, 7) is 1.13. The lowest BCUT2D eigenvalue weighted by molar-refractivity contribution is 0.319. The smallest absolute Gasteiger partial charge is 0.133 e. The number of hydrogen-bond donors (Lipinski definition) is 1. The van der Waals surface area contributed by atoms with Crippen molar-refractivity contribution in [3.05, 3.63) is 44.8 Å². The minimum atomic E-state index is 0.510. The summed E-state index contributed by atoms with van der Waals surface area (Å²) in [5, 5.41) is 3.01. The van der Waals surface area contributed by atoms with Crippen LogP contribution in [0.2, 0.25) is 0 Å². The highest BCUT2D eigenvalue weighted by molar-refractivity contribution is 9.10. The molecule has 0 aliphatic heterocycles. The molecule has 2 N–H and O–H groups in total. The van der Waals surface area contributed by atoms with Crippen LogP contribution < -0.4 is 10.5 Å². The Morgan fingerprint density at radius 1 is 1.35 bits per heavy atom. The number of nitrogens with zero attached hydrogens (tertiary/aromatic N) is 1. The van der Waals surface area contributed by atoms with Gasteiger partial charge in [-0.15, -0.1) is 11.3 Å². The Kier molecular flexibility index (Phi) is 4.53. The number of rotatable bonds is 5. The van der Waals surface area contributed by atoms with Crippen molar-refractivity contribution in [3.63, 3.8) is 0 Å². The summed E-state index contributed by atoms with van der Waals surface area (Å²) >= 11 is 5.04. The number of thiazole rings is 1. The van der Waals surface area contributed by atoms with E-state index in [0.29, 0.717) is 13.2 Å². The maximum absolute atomic E-state index is 5.67. The molecule has 0 amide bonds. The first kappa shape index (κ1) is 12.5. The molecule has 0 saturated heterocycles. The maximum Gasteiger partial charge on any atom is 0.133 e. The van der Waals surface area contributed by atoms with Gasteiger partial charge in [0.25, 0.3) is 0 Å². The number of aromatic nitrogens is 1. The van der Waals surface area contributed by atoms with Gasteiger partial charge in [-0.05, 0) is 28.1 Å². The van der Waals surface area contributed by atoms with Crippen molar-refractivity contribution in [3.8, 4) is 5.75 Å². The fraction of sp³-hybridized carbons (Fsp3) is 0.250. The zero-order chi connectivity index (χ0) is 12.1. The van der Waals surface area contributed by atoms with Crippen molar-refractivity contribution in [1.29, 1.82) is 0 Å². The van der Waals surface area contributed by atoms with Crippen molar-refractivity contribution < 1.29 is 4.74 Å². The van der Waals surface area contributed by atoms with Gasteiger partial charge >= 0.3 is 0 Å². The van der Waals surface area contributed by atoms with E-state index >= 15 is 0 Å². The Balaban J connectivity index is 1.85. The molecule has 0 unspecified atom stereocenters. The summed E-state index contributed by atoms with van der Waals surface area (Å²) in [6.07, 6.45) is 0.803. The molecule has 5 heteroatoms. The van der Waals surface area contributed by atoms with E-state index in [1.807, 2.05) is 29.6 Å². The van der Waals surface area contributed by atoms with Gasteiger partial charge in [0.05, 0.1) is 16.8 Å². The molecule has 0 atom stereocenters. The molecule has 3 nitrogen and oxygen atoms in total. The summed E-state index contributed by atoms with van der Waals surface area (Å²) in [5.41, 5.74) is 6.56. The molecule has 2 rings (SSSR count). The number of para-hydroxylation sites is 1. The van der Waals surface area contributed by atoms with Crippen LogP contribution in [0, 0.1) is 0 Å². The van der Waals surface area contributed by atoms with E-state index in [1.165, 1.54) is 0 Å². The van der Waals surface area contributed by atoms with E-state index in [2.05, 4.69) is 20.9 Å². The second-order valence-corrected chi connectivity index (χ2v) is 5.26. The van der Waals surface area contributed by atoms with Gasteiger partial charge in [0.1, 0.15) is 10.8 Å². The first-order valence-corrected chi connectivity index (χ1v) is 6.97. The standard InChI is InChI=1S/C12H13BrN2OS/c13-10-3-1-2-4-11(10)16-6-5-9-8-17-12(7-14)15-9/h1-4,8H,5-7,14H2. The van der Waals surface area contributed by atoms with Crippen LogP contribution in [-0.2, 0) is 13.0 Å². The Morgan fingerprint density at radius 3 is 2.88 bits per heavy atom. The van der Waals surface area contributed by atoms with Gasteiger partial charge in [-0.1, -0.05) is 12.1 Å². The van der Waals surface area contributed by atoms with Gasteiger partial charge in [0.15, 0.2) is 0 Å². The van der Waals surface area contributed by atoms with Crippen molar-refractivity contribution in [1.82, 2.24) is 4.98 Å². The molecule has 1 aromatic heterocycles. The average Bonchev–Trinajstić information content (AvgIpc) is 2.80. The monoisotopic (exact) mass is 312 g/mol. The maximum atomic E-state index is 5.67. The number of nitrogens with two attached hydrogens (primary N) is 1. The SMILES string of the molecule is NCc1nc(CCOc2ccccc2Br)cs1. The second-order valence-electron chi connectivity index (χ2n) is 3.47. The van der Waals surface area contributed by atoms with E-state index in [-0.39, 0.29) is 0 Å². The summed E-state index contributed by atoms with van der Waals surface area (Å²) in [4.78, 5) is 4.38. The number of halogens is 1. The van der Waals surface area contributed by atoms with Gasteiger partial charge in [-0.3, -0.25) is 0 Å². The Hall–Kier alpha value is -0.910. The minimum Gasteiger partial charge on any atom is -0.492 e. The number of hydrogen-bond acceptors (Lipinski definition) is 4. The summed E-state index contributed by atoms with van der Waals surface area (Å²) in [7, 11) is 0. The van der Waals surface area contributed by atoms with Crippen LogP contribution >= 0.6 is 27.3 Å². The topological polar surface area (TPSA) is 48.1 Å². The van der Waals surface area contributed by atoms with Gasteiger partial charge in [-0.25, -0.2) is 4.98 Å². The first-order valence-electron chi connectivity index (χ1n) is 5.30. The molecule has 1 heterocycles. The molecular weight excluding hydrogens is 300 g/mol. The van der Waals surface area contributed by atoms with Crippen molar-refractivity contribution in [2.24, 2.45) is 5.73 Å². The van der Waals surface area contributed by atoms with Crippen LogP contribution in [0.5, 0.6) is 5.75 Å². The third-order valence-electron chi connectivity index (χ3n) is 2.23. The minimum absolute atomic E-state index is 0.510. The van der Waals surface area contributed by atoms with E-state index in [0.717, 1.165) is 27.3 Å². The summed E-state index contributed by atoms with van der Waals surface area (Å²) < 4.78 is 6.64. The van der Waals surface area contributed by atoms with Crippen LogP contribution in [0.15, 0.2) is 34.1 Å². The van der Waals surface area contributed by atoms with Gasteiger partial charge in [0.2, 0.25) is 0 Å². The molecule has 17 heavy (non-hydrogen) atoms. The lowest BCUT2D eigenvalue weighted by Crippen LogP contribution is -2.03. The molecule has 1 aromatic carbocycles. The van der Waals surface area contributed by atoms with Gasteiger partial charge in [-0.2, -0.15) is 0 Å². The predicted molar refractivity (Wildman–Crippen MR) is 73.3 cm³/mol. The molecule has 0 spiro atoms. The second kappa shape index (κ2) is 6.14. The molecule has 0 radical (unpaired) electrons. The Morgan fingerprint density at radius 2 is 2.18 bits per heavy atom. The molecule has 0 fully saturated rings. The first-order chi connectivity index (χ1) is 8.29. The summed E-state index contributed by atoms with van der Waals surface area (Å²) in [6, 6.07) is 7.82. The van der Waals surface area contributed by atoms with E-state index in [9.17, 15) is 0 Å². The third-order valence-corrected chi connectivity index (χ3v) is 3.80. The molecule has 0 saturated carbocycles. The Labute approximate surface area is 113 Å². The van der Waals surface area contributed by atoms with E-state index < -0.39 is 0 Å². The van der Waals surface area contributed by atoms with Crippen molar-refractivity contribution in [2.45, 2.75) is 13.0 Å². The van der Waals surface area contributed by atoms with Crippen LogP contribution in [0.3, 0.4) is 0 Å². The largest absolute Gasteiger partial charge is 0.492 e. The lowest BCUT2D eigenvalue weighted by Gasteiger charge is -2.06. The fourth-order valence-electron chi connectivity index (χ4n) is 1.38. The molecule has 0 aliphatic carbocycles. The fourth-order valence-corrected chi connectivity index (χ4v) is 2.49.